The minimum absolute atomic E-state index is 0.0132. The van der Waals surface area contributed by atoms with E-state index in [1.807, 2.05) is 74.5 Å². The van der Waals surface area contributed by atoms with Gasteiger partial charge in [0.25, 0.3) is 5.91 Å². The number of H-pyrrole nitrogens is 2. The topological polar surface area (TPSA) is 164 Å². The van der Waals surface area contributed by atoms with Gasteiger partial charge in [-0.2, -0.15) is 0 Å². The van der Waals surface area contributed by atoms with E-state index in [9.17, 15) is 19.5 Å². The number of carbonyl (C=O) groups is 2. The molecule has 12 nitrogen and oxygen atoms in total. The molecule has 254 valence electrons. The largest absolute Gasteiger partial charge is 0.483 e. The Morgan fingerprint density at radius 2 is 1.69 bits per heavy atom. The highest BCUT2D eigenvalue weighted by Crippen LogP contribution is 2.33. The number of aliphatic hydroxyl groups excluding tert-OH is 1. The first kappa shape index (κ1) is 33.3. The molecule has 6 rings (SSSR count). The van der Waals surface area contributed by atoms with Crippen molar-refractivity contribution in [3.05, 3.63) is 99.5 Å². The number of hydrogen-bond donors (Lipinski definition) is 5. The van der Waals surface area contributed by atoms with E-state index in [-0.39, 0.29) is 43.4 Å². The molecule has 2 aliphatic heterocycles. The zero-order chi connectivity index (χ0) is 33.6. The number of aromatic amines is 2. The summed E-state index contributed by atoms with van der Waals surface area (Å²) in [5.41, 5.74) is 4.38. The molecule has 2 saturated heterocycles. The van der Waals surface area contributed by atoms with Crippen LogP contribution >= 0.6 is 0 Å². The Bertz CT molecular complexity index is 1760. The number of carbonyl (C=O) groups excluding carboxylic acids is 2. The van der Waals surface area contributed by atoms with Gasteiger partial charge in [-0.25, -0.2) is 9.59 Å². The summed E-state index contributed by atoms with van der Waals surface area (Å²) in [5, 5.41) is 17.6. The third-order valence-electron chi connectivity index (χ3n) is 9.06. The predicted octanol–water partition coefficient (Wildman–Crippen LogP) is 3.43. The Morgan fingerprint density at radius 3 is 2.42 bits per heavy atom. The fourth-order valence-electron chi connectivity index (χ4n) is 6.69. The standard InChI is InChI=1S/C36H42N4O8/c1-21-15-28-32(40-35(43)38-28)22(2)33(21)46-20-31(42)37-25(16-23-9-5-3-6-10-23)18-29(41)27(17-24-11-7-4-8-12-24)39-36(44)48-30-19-47-34-26(30)13-14-45-34/h3-12,15,25-27,29-30,34,41H,13-14,16-20H2,1-2H3,(H,37,42)(H,39,44)(H2,38,40,43)/t25-,26?,27-,29-,30-,34?/m0/s1. The van der Waals surface area contributed by atoms with Crippen LogP contribution in [0.25, 0.3) is 11.0 Å². The zero-order valence-electron chi connectivity index (χ0n) is 27.1. The summed E-state index contributed by atoms with van der Waals surface area (Å²) in [6.07, 6.45) is -0.752. The molecule has 0 spiro atoms. The molecule has 4 aromatic rings. The molecule has 2 unspecified atom stereocenters. The Balaban J connectivity index is 1.14. The molecule has 3 aromatic carbocycles. The van der Waals surface area contributed by atoms with Gasteiger partial charge in [0.15, 0.2) is 12.9 Å². The fraction of sp³-hybridized carbons (Fsp3) is 0.417. The van der Waals surface area contributed by atoms with Crippen LogP contribution in [0.1, 0.15) is 35.1 Å². The van der Waals surface area contributed by atoms with Crippen LogP contribution in [0.15, 0.2) is 71.5 Å². The summed E-state index contributed by atoms with van der Waals surface area (Å²) in [6.45, 7) is 4.23. The second kappa shape index (κ2) is 15.1. The monoisotopic (exact) mass is 658 g/mol. The second-order valence-electron chi connectivity index (χ2n) is 12.6. The number of aliphatic hydroxyl groups is 1. The Kier molecular flexibility index (Phi) is 10.4. The predicted molar refractivity (Wildman–Crippen MR) is 178 cm³/mol. The average Bonchev–Trinajstić information content (AvgIpc) is 3.78. The van der Waals surface area contributed by atoms with E-state index >= 15 is 0 Å². The average molecular weight is 659 g/mol. The number of amides is 2. The van der Waals surface area contributed by atoms with Gasteiger partial charge in [0.2, 0.25) is 0 Å². The van der Waals surface area contributed by atoms with Crippen LogP contribution in [0, 0.1) is 19.8 Å². The van der Waals surface area contributed by atoms with Gasteiger partial charge >= 0.3 is 11.8 Å². The van der Waals surface area contributed by atoms with Crippen molar-refractivity contribution in [2.45, 2.75) is 70.1 Å². The molecule has 6 atom stereocenters. The molecular formula is C36H42N4O8. The molecule has 2 aliphatic rings. The number of imidazole rings is 1. The van der Waals surface area contributed by atoms with Gasteiger partial charge in [-0.1, -0.05) is 60.7 Å². The lowest BCUT2D eigenvalue weighted by atomic mass is 9.93. The van der Waals surface area contributed by atoms with Crippen molar-refractivity contribution in [2.75, 3.05) is 19.8 Å². The minimum Gasteiger partial charge on any atom is -0.483 e. The third-order valence-corrected chi connectivity index (χ3v) is 9.06. The normalized spacial score (nSPS) is 20.5. The molecule has 0 radical (unpaired) electrons. The first-order valence-corrected chi connectivity index (χ1v) is 16.3. The van der Waals surface area contributed by atoms with E-state index in [2.05, 4.69) is 20.6 Å². The smallest absolute Gasteiger partial charge is 0.407 e. The summed E-state index contributed by atoms with van der Waals surface area (Å²) in [4.78, 5) is 43.8. The molecule has 5 N–H and O–H groups in total. The maximum atomic E-state index is 13.3. The lowest BCUT2D eigenvalue weighted by Gasteiger charge is -2.29. The maximum Gasteiger partial charge on any atom is 0.407 e. The second-order valence-corrected chi connectivity index (χ2v) is 12.6. The van der Waals surface area contributed by atoms with Crippen LogP contribution in [0.5, 0.6) is 5.75 Å². The molecule has 0 saturated carbocycles. The number of aromatic nitrogens is 2. The van der Waals surface area contributed by atoms with Crippen LogP contribution in [-0.2, 0) is 31.8 Å². The Hall–Kier alpha value is -4.65. The van der Waals surface area contributed by atoms with Gasteiger partial charge in [-0.15, -0.1) is 0 Å². The first-order chi connectivity index (χ1) is 23.2. The Labute approximate surface area is 278 Å². The summed E-state index contributed by atoms with van der Waals surface area (Å²) >= 11 is 0. The van der Waals surface area contributed by atoms with E-state index in [1.165, 1.54) is 0 Å². The number of nitrogens with one attached hydrogen (secondary N) is 4. The van der Waals surface area contributed by atoms with Crippen LogP contribution in [0.2, 0.25) is 0 Å². The van der Waals surface area contributed by atoms with Crippen molar-refractivity contribution in [3.63, 3.8) is 0 Å². The first-order valence-electron chi connectivity index (χ1n) is 16.3. The Morgan fingerprint density at radius 1 is 0.979 bits per heavy atom. The van der Waals surface area contributed by atoms with Crippen molar-refractivity contribution in [2.24, 2.45) is 5.92 Å². The van der Waals surface area contributed by atoms with Gasteiger partial charge < -0.3 is 44.7 Å². The molecule has 0 aliphatic carbocycles. The molecule has 0 bridgehead atoms. The summed E-state index contributed by atoms with van der Waals surface area (Å²) in [5.74, 6) is 0.133. The van der Waals surface area contributed by atoms with Gasteiger partial charge in [0.05, 0.1) is 42.3 Å². The molecular weight excluding hydrogens is 616 g/mol. The molecule has 12 heteroatoms. The van der Waals surface area contributed by atoms with Crippen LogP contribution in [0.4, 0.5) is 4.79 Å². The number of ether oxygens (including phenoxy) is 4. The number of fused-ring (bicyclic) bond motifs is 2. The molecule has 3 heterocycles. The van der Waals surface area contributed by atoms with Gasteiger partial charge in [0.1, 0.15) is 11.9 Å². The van der Waals surface area contributed by atoms with E-state index < -0.39 is 30.4 Å². The van der Waals surface area contributed by atoms with E-state index in [4.69, 9.17) is 18.9 Å². The van der Waals surface area contributed by atoms with E-state index in [1.54, 1.807) is 6.07 Å². The quantitative estimate of drug-likeness (QED) is 0.146. The lowest BCUT2D eigenvalue weighted by Crippen LogP contribution is -2.50. The van der Waals surface area contributed by atoms with Gasteiger partial charge in [-0.05, 0) is 62.3 Å². The van der Waals surface area contributed by atoms with E-state index in [0.29, 0.717) is 41.8 Å². The lowest BCUT2D eigenvalue weighted by molar-refractivity contribution is -0.124. The SMILES string of the molecule is Cc1cc2[nH]c(=O)[nH]c2c(C)c1OCC(=O)N[C@@H](Cc1ccccc1)C[C@H](O)[C@H](Cc1ccccc1)NC(=O)O[C@H]1COC2OCCC21. The zero-order valence-corrected chi connectivity index (χ0v) is 27.1. The molecule has 2 amide bonds. The highest BCUT2D eigenvalue weighted by molar-refractivity contribution is 5.83. The number of alkyl carbamates (subject to hydrolysis) is 1. The molecule has 1 aromatic heterocycles. The van der Waals surface area contributed by atoms with Crippen LogP contribution < -0.4 is 21.1 Å². The molecule has 48 heavy (non-hydrogen) atoms. The number of rotatable bonds is 13. The molecule has 2 fully saturated rings. The maximum absolute atomic E-state index is 13.3. The highest BCUT2D eigenvalue weighted by atomic mass is 16.7. The highest BCUT2D eigenvalue weighted by Gasteiger charge is 2.44. The van der Waals surface area contributed by atoms with Gasteiger partial charge in [0, 0.05) is 11.6 Å². The van der Waals surface area contributed by atoms with E-state index in [0.717, 1.165) is 23.1 Å². The van der Waals surface area contributed by atoms with Crippen molar-refractivity contribution in [1.29, 1.82) is 0 Å². The summed E-state index contributed by atoms with van der Waals surface area (Å²) < 4.78 is 22.9. The summed E-state index contributed by atoms with van der Waals surface area (Å²) in [6, 6.07) is 19.9. The number of benzene rings is 3. The van der Waals surface area contributed by atoms with Crippen molar-refractivity contribution < 1.29 is 33.6 Å². The number of hydrogen-bond acceptors (Lipinski definition) is 8. The summed E-state index contributed by atoms with van der Waals surface area (Å²) in [7, 11) is 0. The minimum atomic E-state index is -1.03. The van der Waals surface area contributed by atoms with Crippen LogP contribution in [-0.4, -0.2) is 77.5 Å². The van der Waals surface area contributed by atoms with Gasteiger partial charge in [-0.3, -0.25) is 4.79 Å². The third kappa shape index (κ3) is 8.07. The van der Waals surface area contributed by atoms with Crippen LogP contribution in [0.3, 0.4) is 0 Å². The van der Waals surface area contributed by atoms with Crippen molar-refractivity contribution >= 4 is 23.0 Å². The van der Waals surface area contributed by atoms with Crippen molar-refractivity contribution in [3.8, 4) is 5.75 Å². The fourth-order valence-corrected chi connectivity index (χ4v) is 6.69. The number of aryl methyl sites for hydroxylation is 2. The van der Waals surface area contributed by atoms with Crippen molar-refractivity contribution in [1.82, 2.24) is 20.6 Å².